The van der Waals surface area contributed by atoms with Crippen LogP contribution >= 0.6 is 0 Å². The molecule has 7 nitrogen and oxygen atoms in total. The summed E-state index contributed by atoms with van der Waals surface area (Å²) in [7, 11) is 3.16. The maximum Gasteiger partial charge on any atom is 0.224 e. The minimum absolute atomic E-state index is 0.0828. The lowest BCUT2D eigenvalue weighted by molar-refractivity contribution is -0.145. The number of aliphatic hydroxyl groups is 2. The van der Waals surface area contributed by atoms with Crippen molar-refractivity contribution in [3.05, 3.63) is 47.6 Å². The van der Waals surface area contributed by atoms with Gasteiger partial charge in [-0.2, -0.15) is 0 Å². The van der Waals surface area contributed by atoms with E-state index in [0.29, 0.717) is 37.2 Å². The van der Waals surface area contributed by atoms with Crippen LogP contribution in [-0.4, -0.2) is 47.8 Å². The van der Waals surface area contributed by atoms with Gasteiger partial charge < -0.3 is 25.0 Å². The van der Waals surface area contributed by atoms with E-state index in [9.17, 15) is 19.8 Å². The van der Waals surface area contributed by atoms with E-state index < -0.39 is 34.4 Å². The number of allylic oxidation sites excluding steroid dienone is 1. The van der Waals surface area contributed by atoms with Crippen LogP contribution in [0.25, 0.3) is 0 Å². The summed E-state index contributed by atoms with van der Waals surface area (Å²) in [6.45, 7) is 7.79. The van der Waals surface area contributed by atoms with Crippen molar-refractivity contribution in [2.45, 2.75) is 64.2 Å². The van der Waals surface area contributed by atoms with Crippen LogP contribution in [0, 0.1) is 28.6 Å². The molecule has 1 aromatic carbocycles. The van der Waals surface area contributed by atoms with Gasteiger partial charge in [-0.3, -0.25) is 9.59 Å². The summed E-state index contributed by atoms with van der Waals surface area (Å²) in [6.07, 6.45) is 3.98. The Morgan fingerprint density at radius 3 is 2.67 bits per heavy atom. The number of fused-ring (bicyclic) bond motifs is 3. The number of amides is 1. The maximum absolute atomic E-state index is 14.2. The second kappa shape index (κ2) is 8.45. The van der Waals surface area contributed by atoms with Gasteiger partial charge in [-0.15, -0.1) is 0 Å². The monoisotopic (exact) mass is 495 g/mol. The van der Waals surface area contributed by atoms with E-state index in [-0.39, 0.29) is 24.2 Å². The molecule has 0 heterocycles. The predicted octanol–water partition coefficient (Wildman–Crippen LogP) is 3.33. The lowest BCUT2D eigenvalue weighted by atomic mass is 9.59. The molecule has 5 rings (SSSR count). The highest BCUT2D eigenvalue weighted by Crippen LogP contribution is 2.73. The van der Waals surface area contributed by atoms with Crippen molar-refractivity contribution < 1.29 is 29.3 Å². The molecule has 4 aliphatic rings. The van der Waals surface area contributed by atoms with Crippen LogP contribution in [0.2, 0.25) is 0 Å². The number of Topliss-reactive ketones (excluding diaryl/α,β-unsaturated/α-hetero) is 1. The van der Waals surface area contributed by atoms with Crippen LogP contribution in [0.4, 0.5) is 0 Å². The van der Waals surface area contributed by atoms with Gasteiger partial charge in [-0.05, 0) is 75.0 Å². The van der Waals surface area contributed by atoms with Gasteiger partial charge in [0.25, 0.3) is 0 Å². The quantitative estimate of drug-likeness (QED) is 0.523. The molecule has 3 fully saturated rings. The molecule has 3 saturated carbocycles. The van der Waals surface area contributed by atoms with Crippen molar-refractivity contribution in [1.29, 1.82) is 0 Å². The van der Waals surface area contributed by atoms with Gasteiger partial charge in [0.2, 0.25) is 5.91 Å². The second-order valence-electron chi connectivity index (χ2n) is 11.5. The number of methoxy groups -OCH3 is 2. The number of ether oxygens (including phenoxy) is 2. The topological polar surface area (TPSA) is 105 Å². The van der Waals surface area contributed by atoms with Gasteiger partial charge in [-0.25, -0.2) is 0 Å². The number of carbonyl (C=O) groups excluding carboxylic acids is 2. The molecule has 1 spiro atoms. The largest absolute Gasteiger partial charge is 0.497 e. The Labute approximate surface area is 212 Å². The van der Waals surface area contributed by atoms with Crippen LogP contribution in [0.3, 0.4) is 0 Å². The zero-order valence-electron chi connectivity index (χ0n) is 21.6. The molecular weight excluding hydrogens is 458 g/mol. The number of benzene rings is 1. The average molecular weight is 496 g/mol. The summed E-state index contributed by atoms with van der Waals surface area (Å²) in [5.74, 6) is 0.102. The standard InChI is InChI=1S/C29H37NO6/c1-16-13-28-15-29(16,34)11-10-21(28)20-8-9-23(32)27(3,17(2)31)24(20)25(28)26(33)30-14-18-6-7-19(35-4)12-22(18)36-5/h6-8,12,21,23-25,32,34H,1,9-11,13-15H2,2-5H3,(H,30,33)/t21?,23?,24?,25-,27-,28?,29+/m1/s1. The summed E-state index contributed by atoms with van der Waals surface area (Å²) < 4.78 is 10.8. The first-order valence-electron chi connectivity index (χ1n) is 12.8. The van der Waals surface area contributed by atoms with Gasteiger partial charge in [0, 0.05) is 24.1 Å². The Kier molecular flexibility index (Phi) is 5.88. The fourth-order valence-electron chi connectivity index (χ4n) is 7.97. The fraction of sp³-hybridized carbons (Fsp3) is 0.586. The minimum Gasteiger partial charge on any atom is -0.497 e. The third-order valence-electron chi connectivity index (χ3n) is 9.98. The first kappa shape index (κ1) is 25.0. The molecule has 0 aromatic heterocycles. The summed E-state index contributed by atoms with van der Waals surface area (Å²) in [5, 5.41) is 25.6. The summed E-state index contributed by atoms with van der Waals surface area (Å²) in [6, 6.07) is 5.46. The molecule has 4 aliphatic carbocycles. The third kappa shape index (κ3) is 3.32. The van der Waals surface area contributed by atoms with E-state index in [1.54, 1.807) is 20.3 Å². The molecule has 1 aromatic rings. The molecule has 1 amide bonds. The second-order valence-corrected chi connectivity index (χ2v) is 11.5. The van der Waals surface area contributed by atoms with E-state index in [2.05, 4.69) is 18.0 Å². The lowest BCUT2D eigenvalue weighted by Crippen LogP contribution is -2.53. The Morgan fingerprint density at radius 1 is 1.25 bits per heavy atom. The lowest BCUT2D eigenvalue weighted by Gasteiger charge is -2.45. The highest BCUT2D eigenvalue weighted by atomic mass is 16.5. The molecular formula is C29H37NO6. The number of aliphatic hydroxyl groups excluding tert-OH is 1. The Morgan fingerprint density at radius 2 is 2.00 bits per heavy atom. The molecule has 4 unspecified atom stereocenters. The summed E-state index contributed by atoms with van der Waals surface area (Å²) in [5.41, 5.74) is 0.130. The van der Waals surface area contributed by atoms with Gasteiger partial charge in [0.1, 0.15) is 17.3 Å². The maximum atomic E-state index is 14.2. The van der Waals surface area contributed by atoms with Crippen LogP contribution in [0.15, 0.2) is 42.0 Å². The van der Waals surface area contributed by atoms with Gasteiger partial charge in [0.15, 0.2) is 0 Å². The number of nitrogens with one attached hydrogen (secondary N) is 1. The van der Waals surface area contributed by atoms with Gasteiger partial charge in [-0.1, -0.05) is 18.2 Å². The summed E-state index contributed by atoms with van der Waals surface area (Å²) in [4.78, 5) is 27.2. The van der Waals surface area contributed by atoms with Crippen molar-refractivity contribution >= 4 is 11.7 Å². The predicted molar refractivity (Wildman–Crippen MR) is 134 cm³/mol. The minimum atomic E-state index is -1.07. The average Bonchev–Trinajstić information content (AvgIpc) is 3.24. The zero-order chi connectivity index (χ0) is 26.0. The molecule has 7 atom stereocenters. The molecule has 0 saturated heterocycles. The van der Waals surface area contributed by atoms with Crippen molar-refractivity contribution in [3.8, 4) is 11.5 Å². The fourth-order valence-corrected chi connectivity index (χ4v) is 7.97. The zero-order valence-corrected chi connectivity index (χ0v) is 21.6. The number of hydrogen-bond donors (Lipinski definition) is 3. The first-order valence-corrected chi connectivity index (χ1v) is 12.8. The number of rotatable bonds is 6. The van der Waals surface area contributed by atoms with Crippen LogP contribution < -0.4 is 14.8 Å². The van der Waals surface area contributed by atoms with E-state index in [4.69, 9.17) is 9.47 Å². The molecule has 194 valence electrons. The van der Waals surface area contributed by atoms with Crippen molar-refractivity contribution in [2.75, 3.05) is 14.2 Å². The first-order chi connectivity index (χ1) is 17.0. The van der Waals surface area contributed by atoms with Crippen molar-refractivity contribution in [3.63, 3.8) is 0 Å². The molecule has 0 radical (unpaired) electrons. The Balaban J connectivity index is 1.55. The highest BCUT2D eigenvalue weighted by Gasteiger charge is 2.72. The van der Waals surface area contributed by atoms with Crippen molar-refractivity contribution in [2.24, 2.45) is 28.6 Å². The third-order valence-corrected chi connectivity index (χ3v) is 9.98. The summed E-state index contributed by atoms with van der Waals surface area (Å²) >= 11 is 0. The number of hydrogen-bond acceptors (Lipinski definition) is 6. The SMILES string of the molecule is C=C1CC23C[C@@]1(O)CCC2C1=CCC(O)[C@@](C)(C(C)=O)C1[C@@H]3C(=O)NCc1ccc(OC)cc1OC. The Bertz CT molecular complexity index is 1160. The van der Waals surface area contributed by atoms with Gasteiger partial charge >= 0.3 is 0 Å². The van der Waals surface area contributed by atoms with E-state index in [0.717, 1.165) is 23.1 Å². The number of ketones is 1. The van der Waals surface area contributed by atoms with Crippen LogP contribution in [0.5, 0.6) is 11.5 Å². The molecule has 0 aliphatic heterocycles. The van der Waals surface area contributed by atoms with Crippen LogP contribution in [-0.2, 0) is 16.1 Å². The normalized spacial score (nSPS) is 38.6. The van der Waals surface area contributed by atoms with E-state index in [1.165, 1.54) is 6.92 Å². The smallest absolute Gasteiger partial charge is 0.224 e. The Hall–Kier alpha value is -2.64. The molecule has 2 bridgehead atoms. The number of carbonyl (C=O) groups is 2. The molecule has 7 heteroatoms. The molecule has 36 heavy (non-hydrogen) atoms. The van der Waals surface area contributed by atoms with Crippen LogP contribution in [0.1, 0.15) is 51.5 Å². The van der Waals surface area contributed by atoms with E-state index >= 15 is 0 Å². The van der Waals surface area contributed by atoms with Crippen molar-refractivity contribution in [1.82, 2.24) is 5.32 Å². The molecule has 3 N–H and O–H groups in total. The van der Waals surface area contributed by atoms with E-state index in [1.807, 2.05) is 19.1 Å². The highest BCUT2D eigenvalue weighted by molar-refractivity contribution is 5.88. The van der Waals surface area contributed by atoms with Gasteiger partial charge in [0.05, 0.1) is 37.3 Å².